The van der Waals surface area contributed by atoms with Gasteiger partial charge in [-0.3, -0.25) is 14.4 Å². The van der Waals surface area contributed by atoms with Crippen molar-refractivity contribution in [2.24, 2.45) is 0 Å². The van der Waals surface area contributed by atoms with Gasteiger partial charge in [-0.1, -0.05) is 12.1 Å². The lowest BCUT2D eigenvalue weighted by Gasteiger charge is -2.31. The molecule has 4 rings (SSSR count). The molecule has 1 atom stereocenters. The van der Waals surface area contributed by atoms with E-state index in [0.717, 1.165) is 54.8 Å². The van der Waals surface area contributed by atoms with E-state index < -0.39 is 0 Å². The van der Waals surface area contributed by atoms with Crippen LogP contribution in [0.5, 0.6) is 0 Å². The molecule has 27 heavy (non-hydrogen) atoms. The van der Waals surface area contributed by atoms with Crippen LogP contribution in [0.15, 0.2) is 35.1 Å². The summed E-state index contributed by atoms with van der Waals surface area (Å²) >= 11 is 0. The fourth-order valence-electron chi connectivity index (χ4n) is 3.49. The van der Waals surface area contributed by atoms with E-state index in [4.69, 9.17) is 19.6 Å². The second-order valence-corrected chi connectivity index (χ2v) is 6.46. The molecule has 0 bridgehead atoms. The number of aliphatic hydroxyl groups excluding tert-OH is 1. The summed E-state index contributed by atoms with van der Waals surface area (Å²) in [5.74, 6) is 0.438. The molecule has 1 aliphatic rings. The molecule has 1 fully saturated rings. The number of fused-ring (bicyclic) bond motifs is 1. The Labute approximate surface area is 156 Å². The van der Waals surface area contributed by atoms with Crippen molar-refractivity contribution < 1.29 is 19.6 Å². The number of nitrogens with zero attached hydrogens (tertiary/aromatic N) is 5. The standard InChI is InChI=1S/C17H21N5O2.CH2O2/c23-10-9-22-8-6-15(18-22)13-4-2-7-21(11-13)12-14-3-1-5-16-17(14)20-24-19-16;2-1-3/h1,3,5-6,8,13,23H,2,4,7,9-12H2;1H,(H,2,3). The van der Waals surface area contributed by atoms with Crippen LogP contribution >= 0.6 is 0 Å². The number of benzene rings is 1. The van der Waals surface area contributed by atoms with Crippen molar-refractivity contribution in [2.75, 3.05) is 19.7 Å². The molecule has 0 amide bonds. The van der Waals surface area contributed by atoms with Crippen LogP contribution in [0.1, 0.15) is 30.0 Å². The first-order chi connectivity index (χ1) is 13.2. The highest BCUT2D eigenvalue weighted by atomic mass is 16.6. The van der Waals surface area contributed by atoms with Crippen LogP contribution in [-0.4, -0.2) is 61.4 Å². The molecule has 0 aliphatic carbocycles. The van der Waals surface area contributed by atoms with Gasteiger partial charge in [-0.15, -0.1) is 0 Å². The molecule has 0 spiro atoms. The summed E-state index contributed by atoms with van der Waals surface area (Å²) in [6.45, 7) is 3.33. The average molecular weight is 373 g/mol. The molecule has 144 valence electrons. The summed E-state index contributed by atoms with van der Waals surface area (Å²) < 4.78 is 6.67. The summed E-state index contributed by atoms with van der Waals surface area (Å²) in [5.41, 5.74) is 3.94. The fourth-order valence-corrected chi connectivity index (χ4v) is 3.49. The summed E-state index contributed by atoms with van der Waals surface area (Å²) in [5, 5.41) is 28.5. The van der Waals surface area contributed by atoms with Crippen molar-refractivity contribution in [3.05, 3.63) is 41.7 Å². The summed E-state index contributed by atoms with van der Waals surface area (Å²) in [7, 11) is 0. The maximum Gasteiger partial charge on any atom is 0.290 e. The van der Waals surface area contributed by atoms with Crippen molar-refractivity contribution in [1.29, 1.82) is 0 Å². The van der Waals surface area contributed by atoms with Gasteiger partial charge in [0.25, 0.3) is 6.47 Å². The highest BCUT2D eigenvalue weighted by molar-refractivity contribution is 5.76. The third kappa shape index (κ3) is 4.69. The molecule has 0 radical (unpaired) electrons. The smallest absolute Gasteiger partial charge is 0.290 e. The molecule has 2 N–H and O–H groups in total. The second kappa shape index (κ2) is 9.24. The van der Waals surface area contributed by atoms with Crippen LogP contribution in [0.4, 0.5) is 0 Å². The Morgan fingerprint density at radius 3 is 2.96 bits per heavy atom. The van der Waals surface area contributed by atoms with Gasteiger partial charge in [-0.05, 0) is 47.4 Å². The van der Waals surface area contributed by atoms with Crippen molar-refractivity contribution in [3.8, 4) is 0 Å². The molecule has 1 aliphatic heterocycles. The molecule has 9 heteroatoms. The van der Waals surface area contributed by atoms with Crippen molar-refractivity contribution in [1.82, 2.24) is 25.0 Å². The lowest BCUT2D eigenvalue weighted by Crippen LogP contribution is -2.34. The van der Waals surface area contributed by atoms with Crippen LogP contribution in [0, 0.1) is 0 Å². The largest absolute Gasteiger partial charge is 0.483 e. The van der Waals surface area contributed by atoms with E-state index in [1.54, 1.807) is 0 Å². The number of hydrogen-bond acceptors (Lipinski definition) is 7. The first kappa shape index (κ1) is 19.0. The van der Waals surface area contributed by atoms with E-state index in [9.17, 15) is 0 Å². The van der Waals surface area contributed by atoms with Crippen molar-refractivity contribution >= 4 is 17.5 Å². The van der Waals surface area contributed by atoms with E-state index in [2.05, 4.69) is 32.4 Å². The van der Waals surface area contributed by atoms with Gasteiger partial charge < -0.3 is 10.2 Å². The lowest BCUT2D eigenvalue weighted by molar-refractivity contribution is -0.122. The number of aromatic nitrogens is 4. The van der Waals surface area contributed by atoms with Crippen LogP contribution in [0.25, 0.3) is 11.0 Å². The van der Waals surface area contributed by atoms with Crippen LogP contribution in [0.3, 0.4) is 0 Å². The van der Waals surface area contributed by atoms with E-state index in [1.807, 2.05) is 23.0 Å². The first-order valence-corrected chi connectivity index (χ1v) is 8.89. The monoisotopic (exact) mass is 373 g/mol. The van der Waals surface area contributed by atoms with Crippen molar-refractivity contribution in [2.45, 2.75) is 31.8 Å². The maximum atomic E-state index is 9.03. The Morgan fingerprint density at radius 2 is 2.15 bits per heavy atom. The zero-order valence-electron chi connectivity index (χ0n) is 14.9. The number of rotatable bonds is 5. The number of piperidine rings is 1. The molecule has 3 heterocycles. The zero-order valence-corrected chi connectivity index (χ0v) is 14.9. The van der Waals surface area contributed by atoms with E-state index in [-0.39, 0.29) is 13.1 Å². The van der Waals surface area contributed by atoms with Crippen molar-refractivity contribution in [3.63, 3.8) is 0 Å². The van der Waals surface area contributed by atoms with Crippen LogP contribution in [0.2, 0.25) is 0 Å². The molecule has 3 aromatic rings. The predicted molar refractivity (Wildman–Crippen MR) is 97.1 cm³/mol. The predicted octanol–water partition coefficient (Wildman–Crippen LogP) is 1.49. The molecule has 1 saturated heterocycles. The van der Waals surface area contributed by atoms with Gasteiger partial charge in [-0.2, -0.15) is 5.10 Å². The zero-order chi connectivity index (χ0) is 19.1. The minimum absolute atomic E-state index is 0.119. The molecular formula is C18H23N5O4. The Kier molecular flexibility index (Phi) is 6.50. The summed E-state index contributed by atoms with van der Waals surface area (Å²) in [6.07, 6.45) is 4.26. The van der Waals surface area contributed by atoms with E-state index in [1.165, 1.54) is 0 Å². The van der Waals surface area contributed by atoms with Crippen LogP contribution in [-0.2, 0) is 17.9 Å². The molecule has 1 unspecified atom stereocenters. The third-order valence-corrected chi connectivity index (χ3v) is 4.68. The number of carbonyl (C=O) groups is 1. The van der Waals surface area contributed by atoms with E-state index >= 15 is 0 Å². The van der Waals surface area contributed by atoms with Gasteiger partial charge in [-0.25, -0.2) is 4.63 Å². The quantitative estimate of drug-likeness (QED) is 0.646. The molecular weight excluding hydrogens is 350 g/mol. The highest BCUT2D eigenvalue weighted by Crippen LogP contribution is 2.27. The minimum Gasteiger partial charge on any atom is -0.483 e. The van der Waals surface area contributed by atoms with Gasteiger partial charge in [0.05, 0.1) is 18.8 Å². The Hall–Kier alpha value is -2.78. The fraction of sp³-hybridized carbons (Fsp3) is 0.444. The summed E-state index contributed by atoms with van der Waals surface area (Å²) in [6, 6.07) is 8.08. The molecule has 1 aromatic carbocycles. The normalized spacial score (nSPS) is 17.4. The van der Waals surface area contributed by atoms with E-state index in [0.29, 0.717) is 12.5 Å². The molecule has 9 nitrogen and oxygen atoms in total. The van der Waals surface area contributed by atoms with Gasteiger partial charge in [0.15, 0.2) is 0 Å². The summed E-state index contributed by atoms with van der Waals surface area (Å²) in [4.78, 5) is 10.8. The number of carboxylic acid groups (broad SMARTS) is 1. The second-order valence-electron chi connectivity index (χ2n) is 6.46. The lowest BCUT2D eigenvalue weighted by atomic mass is 9.94. The van der Waals surface area contributed by atoms with Gasteiger partial charge in [0, 0.05) is 25.2 Å². The van der Waals surface area contributed by atoms with Crippen LogP contribution < -0.4 is 0 Å². The van der Waals surface area contributed by atoms with Gasteiger partial charge in [0.2, 0.25) is 0 Å². The molecule has 0 saturated carbocycles. The Morgan fingerprint density at radius 1 is 1.30 bits per heavy atom. The number of hydrogen-bond donors (Lipinski definition) is 2. The SMILES string of the molecule is O=CO.OCCn1ccc(C2CCCN(Cc3cccc4nonc34)C2)n1. The van der Waals surface area contributed by atoms with Gasteiger partial charge in [0.1, 0.15) is 11.0 Å². The Bertz CT molecular complexity index is 862. The topological polar surface area (TPSA) is 118 Å². The average Bonchev–Trinajstić information content (AvgIpc) is 3.33. The highest BCUT2D eigenvalue weighted by Gasteiger charge is 2.24. The first-order valence-electron chi connectivity index (χ1n) is 8.89. The minimum atomic E-state index is -0.250. The third-order valence-electron chi connectivity index (χ3n) is 4.68. The number of likely N-dealkylation sites (tertiary alicyclic amines) is 1. The molecule has 2 aromatic heterocycles. The maximum absolute atomic E-state index is 9.03. The number of aliphatic hydroxyl groups is 1. The van der Waals surface area contributed by atoms with Gasteiger partial charge >= 0.3 is 0 Å². The Balaban J connectivity index is 0.000000659.